The molecule has 0 spiro atoms. The van der Waals surface area contributed by atoms with Gasteiger partial charge in [-0.3, -0.25) is 19.5 Å². The fourth-order valence-electron chi connectivity index (χ4n) is 1.29. The molecule has 1 aromatic rings. The van der Waals surface area contributed by atoms with E-state index in [0.29, 0.717) is 4.78 Å². The Morgan fingerprint density at radius 1 is 1.38 bits per heavy atom. The molecule has 1 aliphatic rings. The molecule has 0 amide bonds. The number of thiazole rings is 1. The molecular weight excluding hydrogens is 231 g/mol. The molecule has 16 heavy (non-hydrogen) atoms. The van der Waals surface area contributed by atoms with Crippen LogP contribution in [-0.4, -0.2) is 49.1 Å². The van der Waals surface area contributed by atoms with Crippen molar-refractivity contribution in [3.8, 4) is 0 Å². The van der Waals surface area contributed by atoms with Crippen LogP contribution >= 0.6 is 11.3 Å². The second kappa shape index (κ2) is 4.62. The molecule has 0 atom stereocenters. The summed E-state index contributed by atoms with van der Waals surface area (Å²) in [6.45, 7) is 0.148. The lowest BCUT2D eigenvalue weighted by Crippen LogP contribution is -2.47. The molecule has 2 rings (SSSR count). The fraction of sp³-hybridized carbons (Fsp3) is 0.375. The van der Waals surface area contributed by atoms with Crippen molar-refractivity contribution in [1.82, 2.24) is 9.88 Å². The summed E-state index contributed by atoms with van der Waals surface area (Å²) < 4.78 is 10.6. The van der Waals surface area contributed by atoms with Gasteiger partial charge in [-0.2, -0.15) is 0 Å². The molecule has 0 N–H and O–H groups in total. The molecule has 6 nitrogen and oxygen atoms in total. The summed E-state index contributed by atoms with van der Waals surface area (Å²) in [7, 11) is 0.691. The Kier molecular flexibility index (Phi) is 3.21. The summed E-state index contributed by atoms with van der Waals surface area (Å²) in [5.74, 6) is -0.846. The quantitative estimate of drug-likeness (QED) is 0.578. The summed E-state index contributed by atoms with van der Waals surface area (Å²) >= 11 is 1.27. The second-order valence-corrected chi connectivity index (χ2v) is 4.31. The van der Waals surface area contributed by atoms with Crippen LogP contribution in [0.15, 0.2) is 11.7 Å². The molecule has 0 bridgehead atoms. The van der Waals surface area contributed by atoms with Crippen LogP contribution in [0.25, 0.3) is 0 Å². The minimum atomic E-state index is -0.957. The van der Waals surface area contributed by atoms with Crippen molar-refractivity contribution in [2.75, 3.05) is 20.1 Å². The summed E-state index contributed by atoms with van der Waals surface area (Å²) in [5, 5.41) is 0. The maximum absolute atomic E-state index is 11.4. The molecule has 0 saturated carbocycles. The normalized spacial score (nSPS) is 18.7. The van der Waals surface area contributed by atoms with Crippen molar-refractivity contribution >= 4 is 35.2 Å². The van der Waals surface area contributed by atoms with Crippen molar-refractivity contribution in [1.29, 1.82) is 0 Å². The maximum atomic E-state index is 11.4. The SMILES string of the molecule is CN1CC(=O)OB(c2cncs2)OC(=O)C1. The molecule has 1 aromatic heterocycles. The van der Waals surface area contributed by atoms with Crippen LogP contribution in [0.1, 0.15) is 0 Å². The number of aromatic nitrogens is 1. The zero-order valence-corrected chi connectivity index (χ0v) is 9.40. The Bertz CT molecular complexity index is 377. The van der Waals surface area contributed by atoms with Gasteiger partial charge in [0.25, 0.3) is 0 Å². The van der Waals surface area contributed by atoms with Gasteiger partial charge in [0.2, 0.25) is 0 Å². The standard InChI is InChI=1S/C8H9BN2O4S/c1-11-3-7(12)14-9(15-8(13)4-11)6-2-10-5-16-6/h2,5H,3-4H2,1H3. The maximum Gasteiger partial charge on any atom is 0.648 e. The Morgan fingerprint density at radius 2 is 2.00 bits per heavy atom. The first-order chi connectivity index (χ1) is 7.65. The average molecular weight is 240 g/mol. The van der Waals surface area contributed by atoms with E-state index in [1.165, 1.54) is 22.4 Å². The molecule has 8 heteroatoms. The van der Waals surface area contributed by atoms with Gasteiger partial charge in [0.15, 0.2) is 0 Å². The van der Waals surface area contributed by atoms with Crippen LogP contribution in [0.5, 0.6) is 0 Å². The Hall–Kier alpha value is -1.41. The molecule has 0 aliphatic carbocycles. The Balaban J connectivity index is 2.13. The van der Waals surface area contributed by atoms with Crippen molar-refractivity contribution in [2.24, 2.45) is 0 Å². The smallest absolute Gasteiger partial charge is 0.494 e. The minimum Gasteiger partial charge on any atom is -0.494 e. The van der Waals surface area contributed by atoms with Gasteiger partial charge in [-0.1, -0.05) is 0 Å². The largest absolute Gasteiger partial charge is 0.648 e. The van der Waals surface area contributed by atoms with E-state index < -0.39 is 19.1 Å². The lowest BCUT2D eigenvalue weighted by molar-refractivity contribution is -0.145. The van der Waals surface area contributed by atoms with Gasteiger partial charge in [-0.15, -0.1) is 11.3 Å². The fourth-order valence-corrected chi connectivity index (χ4v) is 1.86. The van der Waals surface area contributed by atoms with Crippen LogP contribution in [-0.2, 0) is 18.9 Å². The highest BCUT2D eigenvalue weighted by Gasteiger charge is 2.34. The Morgan fingerprint density at radius 3 is 2.50 bits per heavy atom. The van der Waals surface area contributed by atoms with Gasteiger partial charge in [0, 0.05) is 6.20 Å². The molecule has 1 saturated heterocycles. The number of nitrogens with zero attached hydrogens (tertiary/aromatic N) is 2. The van der Waals surface area contributed by atoms with Crippen LogP contribution < -0.4 is 4.78 Å². The predicted molar refractivity (Wildman–Crippen MR) is 57.2 cm³/mol. The predicted octanol–water partition coefficient (Wildman–Crippen LogP) is -1.13. The summed E-state index contributed by atoms with van der Waals surface area (Å²) in [6, 6.07) is 0. The van der Waals surface area contributed by atoms with Gasteiger partial charge in [-0.05, 0) is 7.05 Å². The van der Waals surface area contributed by atoms with Gasteiger partial charge in [0.1, 0.15) is 0 Å². The number of carbonyl (C=O) groups excluding carboxylic acids is 2. The summed E-state index contributed by atoms with van der Waals surface area (Å²) in [6.07, 6.45) is 1.52. The Labute approximate surface area is 96.3 Å². The van der Waals surface area contributed by atoms with Crippen molar-refractivity contribution in [3.05, 3.63) is 11.7 Å². The van der Waals surface area contributed by atoms with E-state index in [-0.39, 0.29) is 13.1 Å². The number of carbonyl (C=O) groups is 2. The highest BCUT2D eigenvalue weighted by Crippen LogP contribution is 2.02. The van der Waals surface area contributed by atoms with Crippen molar-refractivity contribution in [2.45, 2.75) is 0 Å². The van der Waals surface area contributed by atoms with Gasteiger partial charge in [0.05, 0.1) is 23.4 Å². The zero-order chi connectivity index (χ0) is 11.5. The average Bonchev–Trinajstić information content (AvgIpc) is 2.66. The lowest BCUT2D eigenvalue weighted by atomic mass is 9.88. The molecule has 0 radical (unpaired) electrons. The summed E-state index contributed by atoms with van der Waals surface area (Å²) in [4.78, 5) is 28.2. The number of rotatable bonds is 1. The summed E-state index contributed by atoms with van der Waals surface area (Å²) in [5.41, 5.74) is 1.59. The molecule has 0 aromatic carbocycles. The topological polar surface area (TPSA) is 68.7 Å². The molecule has 84 valence electrons. The number of likely N-dealkylation sites (N-methyl/N-ethyl adjacent to an activating group) is 1. The molecular formula is C8H9BN2O4S. The highest BCUT2D eigenvalue weighted by molar-refractivity contribution is 7.20. The van der Waals surface area contributed by atoms with E-state index in [1.807, 2.05) is 0 Å². The van der Waals surface area contributed by atoms with Crippen LogP contribution in [0.3, 0.4) is 0 Å². The van der Waals surface area contributed by atoms with Gasteiger partial charge < -0.3 is 9.31 Å². The molecule has 1 aliphatic heterocycles. The highest BCUT2D eigenvalue weighted by atomic mass is 32.1. The van der Waals surface area contributed by atoms with Crippen LogP contribution in [0.2, 0.25) is 0 Å². The first-order valence-electron chi connectivity index (χ1n) is 4.61. The third-order valence-electron chi connectivity index (χ3n) is 1.96. The zero-order valence-electron chi connectivity index (χ0n) is 8.58. The lowest BCUT2D eigenvalue weighted by Gasteiger charge is -2.21. The first kappa shape index (κ1) is 11.1. The van der Waals surface area contributed by atoms with Crippen molar-refractivity contribution in [3.63, 3.8) is 0 Å². The second-order valence-electron chi connectivity index (χ2n) is 3.39. The van der Waals surface area contributed by atoms with Gasteiger partial charge in [-0.25, -0.2) is 0 Å². The van der Waals surface area contributed by atoms with E-state index >= 15 is 0 Å². The third kappa shape index (κ3) is 2.58. The molecule has 1 fully saturated rings. The van der Waals surface area contributed by atoms with E-state index in [1.54, 1.807) is 12.6 Å². The molecule has 0 unspecified atom stereocenters. The number of hydrogen-bond donors (Lipinski definition) is 0. The van der Waals surface area contributed by atoms with Gasteiger partial charge >= 0.3 is 19.1 Å². The minimum absolute atomic E-state index is 0.0738. The monoisotopic (exact) mass is 240 g/mol. The van der Waals surface area contributed by atoms with Crippen LogP contribution in [0, 0.1) is 0 Å². The third-order valence-corrected chi connectivity index (χ3v) is 2.76. The van der Waals surface area contributed by atoms with E-state index in [0.717, 1.165) is 0 Å². The van der Waals surface area contributed by atoms with E-state index in [2.05, 4.69) is 4.98 Å². The van der Waals surface area contributed by atoms with E-state index in [9.17, 15) is 9.59 Å². The number of hydrogen-bond acceptors (Lipinski definition) is 7. The van der Waals surface area contributed by atoms with E-state index in [4.69, 9.17) is 9.31 Å². The van der Waals surface area contributed by atoms with Crippen molar-refractivity contribution < 1.29 is 18.9 Å². The molecule has 2 heterocycles. The first-order valence-corrected chi connectivity index (χ1v) is 5.49. The van der Waals surface area contributed by atoms with Crippen LogP contribution in [0.4, 0.5) is 0 Å².